The number of ether oxygens (including phenoxy) is 4. The lowest BCUT2D eigenvalue weighted by molar-refractivity contribution is -0.161. The number of unbranched alkanes of at least 4 members (excludes halogenated alkanes) is 30. The first kappa shape index (κ1) is 88.5. The molecule has 0 amide bonds. The van der Waals surface area contributed by atoms with Crippen LogP contribution in [0.3, 0.4) is 0 Å². The largest absolute Gasteiger partial charge is 0.472 e. The molecule has 0 aromatic carbocycles. The molecule has 534 valence electrons. The van der Waals surface area contributed by atoms with Crippen molar-refractivity contribution < 1.29 is 80.2 Å². The Morgan fingerprint density at radius 1 is 0.304 bits per heavy atom. The molecule has 0 aliphatic carbocycles. The van der Waals surface area contributed by atoms with E-state index in [1.54, 1.807) is 0 Å². The molecule has 0 rings (SSSR count). The third-order valence-electron chi connectivity index (χ3n) is 15.1. The molecule has 0 aliphatic rings. The topological polar surface area (TPSA) is 237 Å². The number of aliphatic hydroxyl groups is 1. The van der Waals surface area contributed by atoms with Crippen LogP contribution in [0.4, 0.5) is 0 Å². The Morgan fingerprint density at radius 3 is 0.913 bits per heavy atom. The minimum atomic E-state index is -4.97. The monoisotopic (exact) mass is 1340 g/mol. The van der Waals surface area contributed by atoms with Gasteiger partial charge in [-0.3, -0.25) is 37.3 Å². The maximum Gasteiger partial charge on any atom is 0.472 e. The van der Waals surface area contributed by atoms with Gasteiger partial charge in [-0.1, -0.05) is 229 Å². The van der Waals surface area contributed by atoms with Gasteiger partial charge in [0.2, 0.25) is 0 Å². The lowest BCUT2D eigenvalue weighted by Gasteiger charge is -2.21. The molecule has 0 aromatic heterocycles. The Bertz CT molecular complexity index is 2040. The van der Waals surface area contributed by atoms with Crippen molar-refractivity contribution in [3.8, 4) is 0 Å². The van der Waals surface area contributed by atoms with Gasteiger partial charge in [-0.2, -0.15) is 0 Å². The fourth-order valence-electron chi connectivity index (χ4n) is 9.50. The van der Waals surface area contributed by atoms with Crippen molar-refractivity contribution in [2.75, 3.05) is 39.6 Å². The first-order valence-electron chi connectivity index (χ1n) is 36.2. The summed E-state index contributed by atoms with van der Waals surface area (Å²) in [6.07, 6.45) is 63.4. The highest BCUT2D eigenvalue weighted by Gasteiger charge is 2.30. The molecule has 5 unspecified atom stereocenters. The van der Waals surface area contributed by atoms with Crippen LogP contribution in [-0.4, -0.2) is 96.7 Å². The predicted molar refractivity (Wildman–Crippen MR) is 372 cm³/mol. The van der Waals surface area contributed by atoms with Gasteiger partial charge in [0.25, 0.3) is 0 Å². The van der Waals surface area contributed by atoms with Crippen LogP contribution in [0.5, 0.6) is 0 Å². The van der Waals surface area contributed by atoms with E-state index < -0.39 is 97.5 Å². The minimum Gasteiger partial charge on any atom is -0.462 e. The second-order valence-corrected chi connectivity index (χ2v) is 27.1. The quantitative estimate of drug-likeness (QED) is 0.0169. The molecular formula is C73H130O17P2. The lowest BCUT2D eigenvalue weighted by Crippen LogP contribution is -2.30. The molecule has 17 nitrogen and oxygen atoms in total. The molecule has 0 saturated carbocycles. The van der Waals surface area contributed by atoms with Gasteiger partial charge in [0.05, 0.1) is 26.4 Å². The molecule has 0 aromatic rings. The molecule has 0 heterocycles. The van der Waals surface area contributed by atoms with E-state index in [1.165, 1.54) is 57.8 Å². The van der Waals surface area contributed by atoms with Gasteiger partial charge in [-0.25, -0.2) is 9.13 Å². The van der Waals surface area contributed by atoms with E-state index in [0.29, 0.717) is 25.7 Å². The highest BCUT2D eigenvalue weighted by atomic mass is 31.2. The summed E-state index contributed by atoms with van der Waals surface area (Å²) in [4.78, 5) is 72.6. The SMILES string of the molecule is CCC/C=C\C/C=C\CCCCCCCC(=O)OCC(COP(=O)(O)OCC(O)COP(=O)(O)OCC(COC(=O)CCCCCCC/C=C\C/C=C\CCCCC)OC(=O)CCCCCCC/C=C\CCCC)OC(=O)CCCCCCC/C=C\CCCCCC. The molecule has 3 N–H and O–H groups in total. The third-order valence-corrected chi connectivity index (χ3v) is 17.0. The van der Waals surface area contributed by atoms with Crippen molar-refractivity contribution in [2.45, 2.75) is 329 Å². The standard InChI is InChI=1S/C73H130O17P2/c1-5-9-13-17-21-25-29-32-33-36-39-42-46-50-54-58-71(76)84-63-68(89-72(77)59-55-51-47-43-37-28-24-20-16-12-8-4)65-87-91(79,80)85-61-67(74)62-86-92(81,82)88-66-69(90-73(78)60-56-52-48-44-40-35-31-27-23-19-15-11-7-3)64-83-70(75)57-53-49-45-41-38-34-30-26-22-18-14-10-6-2/h14,18,20-21,24-27,30-33,67-69,74H,5-13,15-17,19,22-23,28-29,34-66H2,1-4H3,(H,79,80)(H,81,82)/b18-14-,24-20-,25-21-,30-26-,31-27-,33-32-. The minimum absolute atomic E-state index is 0.0831. The molecule has 0 fully saturated rings. The van der Waals surface area contributed by atoms with Gasteiger partial charge < -0.3 is 33.8 Å². The number of phosphoric ester groups is 2. The zero-order chi connectivity index (χ0) is 67.5. The van der Waals surface area contributed by atoms with Crippen LogP contribution in [-0.2, 0) is 65.4 Å². The summed E-state index contributed by atoms with van der Waals surface area (Å²) >= 11 is 0. The number of carbonyl (C=O) groups is 4. The van der Waals surface area contributed by atoms with Crippen LogP contribution in [0.1, 0.15) is 310 Å². The smallest absolute Gasteiger partial charge is 0.462 e. The summed E-state index contributed by atoms with van der Waals surface area (Å²) in [6, 6.07) is 0. The molecular weight excluding hydrogens is 1210 g/mol. The summed E-state index contributed by atoms with van der Waals surface area (Å²) in [7, 11) is -9.94. The number of rotatable bonds is 68. The van der Waals surface area contributed by atoms with Crippen molar-refractivity contribution in [2.24, 2.45) is 0 Å². The first-order chi connectivity index (χ1) is 44.7. The molecule has 0 bridgehead atoms. The van der Waals surface area contributed by atoms with E-state index >= 15 is 0 Å². The summed E-state index contributed by atoms with van der Waals surface area (Å²) in [5.74, 6) is -2.21. The predicted octanol–water partition coefficient (Wildman–Crippen LogP) is 20.1. The number of aliphatic hydroxyl groups excluding tert-OH is 1. The maximum absolute atomic E-state index is 13.0. The summed E-state index contributed by atoms with van der Waals surface area (Å²) in [5, 5.41) is 10.6. The van der Waals surface area contributed by atoms with Crippen LogP contribution in [0, 0.1) is 0 Å². The van der Waals surface area contributed by atoms with Crippen molar-refractivity contribution >= 4 is 39.5 Å². The van der Waals surface area contributed by atoms with Gasteiger partial charge in [0, 0.05) is 25.7 Å². The van der Waals surface area contributed by atoms with Gasteiger partial charge in [-0.15, -0.1) is 0 Å². The van der Waals surface area contributed by atoms with E-state index in [-0.39, 0.29) is 25.7 Å². The van der Waals surface area contributed by atoms with E-state index in [0.717, 1.165) is 173 Å². The molecule has 0 spiro atoms. The second-order valence-electron chi connectivity index (χ2n) is 24.2. The molecule has 92 heavy (non-hydrogen) atoms. The number of hydrogen-bond acceptors (Lipinski definition) is 15. The molecule has 0 saturated heterocycles. The van der Waals surface area contributed by atoms with Crippen molar-refractivity contribution in [3.05, 3.63) is 72.9 Å². The average molecular weight is 1340 g/mol. The maximum atomic E-state index is 13.0. The Labute approximate surface area is 558 Å². The van der Waals surface area contributed by atoms with Crippen LogP contribution >= 0.6 is 15.6 Å². The van der Waals surface area contributed by atoms with Gasteiger partial charge in [-0.05, 0) is 128 Å². The number of hydrogen-bond donors (Lipinski definition) is 3. The summed E-state index contributed by atoms with van der Waals surface area (Å²) in [5.41, 5.74) is 0. The summed E-state index contributed by atoms with van der Waals surface area (Å²) in [6.45, 7) is 4.68. The van der Waals surface area contributed by atoms with E-state index in [4.69, 9.17) is 37.0 Å². The molecule has 0 radical (unpaired) electrons. The number of phosphoric acid groups is 2. The van der Waals surface area contributed by atoms with Gasteiger partial charge >= 0.3 is 39.5 Å². The molecule has 0 aliphatic heterocycles. The third kappa shape index (κ3) is 65.2. The zero-order valence-corrected chi connectivity index (χ0v) is 59.8. The van der Waals surface area contributed by atoms with Crippen molar-refractivity contribution in [3.63, 3.8) is 0 Å². The second kappa shape index (κ2) is 66.1. The van der Waals surface area contributed by atoms with Crippen molar-refractivity contribution in [1.82, 2.24) is 0 Å². The van der Waals surface area contributed by atoms with Gasteiger partial charge in [0.15, 0.2) is 12.2 Å². The first-order valence-corrected chi connectivity index (χ1v) is 39.2. The Hall–Kier alpha value is -3.50. The molecule has 19 heteroatoms. The van der Waals surface area contributed by atoms with Crippen LogP contribution in [0.2, 0.25) is 0 Å². The highest BCUT2D eigenvalue weighted by Crippen LogP contribution is 2.45. The number of carbonyl (C=O) groups excluding carboxylic acids is 4. The van der Waals surface area contributed by atoms with E-state index in [2.05, 4.69) is 101 Å². The number of esters is 4. The van der Waals surface area contributed by atoms with Crippen LogP contribution in [0.15, 0.2) is 72.9 Å². The zero-order valence-electron chi connectivity index (χ0n) is 58.0. The lowest BCUT2D eigenvalue weighted by atomic mass is 10.1. The van der Waals surface area contributed by atoms with E-state index in [1.807, 2.05) is 0 Å². The molecule has 5 atom stereocenters. The van der Waals surface area contributed by atoms with Crippen LogP contribution in [0.25, 0.3) is 0 Å². The van der Waals surface area contributed by atoms with E-state index in [9.17, 15) is 43.2 Å². The van der Waals surface area contributed by atoms with Gasteiger partial charge in [0.1, 0.15) is 19.3 Å². The Balaban J connectivity index is 5.33. The average Bonchev–Trinajstić information content (AvgIpc) is 3.33. The highest BCUT2D eigenvalue weighted by molar-refractivity contribution is 7.47. The fourth-order valence-corrected chi connectivity index (χ4v) is 11.1. The Morgan fingerprint density at radius 2 is 0.565 bits per heavy atom. The van der Waals surface area contributed by atoms with Crippen LogP contribution < -0.4 is 0 Å². The normalized spacial score (nSPS) is 14.5. The van der Waals surface area contributed by atoms with Crippen molar-refractivity contribution in [1.29, 1.82) is 0 Å². The number of allylic oxidation sites excluding steroid dienone is 12. The summed E-state index contributed by atoms with van der Waals surface area (Å²) < 4.78 is 68.2. The Kier molecular flexibility index (Phi) is 63.6. The fraction of sp³-hybridized carbons (Fsp3) is 0.781.